The van der Waals surface area contributed by atoms with Crippen LogP contribution in [-0.4, -0.2) is 62.1 Å². The second-order valence-electron chi connectivity index (χ2n) is 9.25. The molecule has 2 aromatic carbocycles. The van der Waals surface area contributed by atoms with Gasteiger partial charge in [0, 0.05) is 63.9 Å². The molecule has 1 unspecified atom stereocenters. The Morgan fingerprint density at radius 3 is 2.48 bits per heavy atom. The lowest BCUT2D eigenvalue weighted by Gasteiger charge is -2.38. The number of piperazine rings is 1. The number of anilines is 1. The summed E-state index contributed by atoms with van der Waals surface area (Å²) in [6.45, 7) is 8.00. The predicted octanol–water partition coefficient (Wildman–Crippen LogP) is 3.19. The minimum Gasteiger partial charge on any atom is -0.487 e. The number of carbonyl (C=O) groups is 1. The molecular weight excluding hydrogens is 414 g/mol. The van der Waals surface area contributed by atoms with Crippen molar-refractivity contribution in [3.05, 3.63) is 60.2 Å². The molecule has 176 valence electrons. The lowest BCUT2D eigenvalue weighted by molar-refractivity contribution is -0.131. The Morgan fingerprint density at radius 2 is 1.76 bits per heavy atom. The number of amides is 1. The van der Waals surface area contributed by atoms with Gasteiger partial charge in [-0.25, -0.2) is 0 Å². The van der Waals surface area contributed by atoms with Crippen LogP contribution in [0.2, 0.25) is 0 Å². The number of rotatable bonds is 5. The van der Waals surface area contributed by atoms with E-state index in [0.29, 0.717) is 18.9 Å². The molecule has 2 aromatic rings. The van der Waals surface area contributed by atoms with Crippen LogP contribution in [0.3, 0.4) is 0 Å². The summed E-state index contributed by atoms with van der Waals surface area (Å²) in [6, 6.07) is 18.6. The van der Waals surface area contributed by atoms with E-state index in [1.54, 1.807) is 7.05 Å². The molecule has 0 bridgehead atoms. The number of ether oxygens (including phenoxy) is 1. The quantitative estimate of drug-likeness (QED) is 0.542. The summed E-state index contributed by atoms with van der Waals surface area (Å²) in [4.78, 5) is 21.4. The molecule has 7 heteroatoms. The molecule has 1 saturated heterocycles. The van der Waals surface area contributed by atoms with Crippen molar-refractivity contribution in [2.24, 2.45) is 4.99 Å². The van der Waals surface area contributed by atoms with E-state index in [-0.39, 0.29) is 17.6 Å². The smallest absolute Gasteiger partial charge is 0.224 e. The van der Waals surface area contributed by atoms with Crippen molar-refractivity contribution in [2.75, 3.05) is 44.7 Å². The Bertz CT molecular complexity index is 968. The maximum absolute atomic E-state index is 12.7. The molecule has 7 nitrogen and oxygen atoms in total. The molecule has 1 atom stereocenters. The van der Waals surface area contributed by atoms with E-state index in [2.05, 4.69) is 64.7 Å². The summed E-state index contributed by atoms with van der Waals surface area (Å²) < 4.78 is 6.13. The van der Waals surface area contributed by atoms with Crippen LogP contribution in [0.4, 0.5) is 5.69 Å². The predicted molar refractivity (Wildman–Crippen MR) is 133 cm³/mol. The first-order chi connectivity index (χ1) is 15.9. The van der Waals surface area contributed by atoms with Crippen molar-refractivity contribution < 1.29 is 9.53 Å². The number of hydrogen-bond acceptors (Lipinski definition) is 4. The standard InChI is InChI=1S/C26H35N5O2/c1-26(2)19-22(21-11-7-8-12-23(21)33-26)29-25(27-3)28-14-13-24(32)31-17-15-30(16-18-31)20-9-5-4-6-10-20/h4-12,22H,13-19H2,1-3H3,(H2,27,28,29). The van der Waals surface area contributed by atoms with Crippen LogP contribution < -0.4 is 20.3 Å². The summed E-state index contributed by atoms with van der Waals surface area (Å²) in [7, 11) is 1.76. The molecule has 2 aliphatic heterocycles. The monoisotopic (exact) mass is 449 g/mol. The number of guanidine groups is 1. The van der Waals surface area contributed by atoms with Gasteiger partial charge in [-0.15, -0.1) is 0 Å². The first kappa shape index (κ1) is 23.0. The number of aliphatic imine (C=N–C) groups is 1. The molecule has 0 saturated carbocycles. The summed E-state index contributed by atoms with van der Waals surface area (Å²) in [5.74, 6) is 1.80. The van der Waals surface area contributed by atoms with Gasteiger partial charge in [0.1, 0.15) is 11.4 Å². The number of fused-ring (bicyclic) bond motifs is 1. The number of para-hydroxylation sites is 2. The van der Waals surface area contributed by atoms with Crippen molar-refractivity contribution >= 4 is 17.6 Å². The third-order valence-electron chi connectivity index (χ3n) is 6.30. The minimum absolute atomic E-state index is 0.0953. The zero-order valence-electron chi connectivity index (χ0n) is 19.9. The van der Waals surface area contributed by atoms with E-state index in [4.69, 9.17) is 4.74 Å². The summed E-state index contributed by atoms with van der Waals surface area (Å²) in [5, 5.41) is 6.84. The zero-order valence-corrected chi connectivity index (χ0v) is 19.9. The SMILES string of the molecule is CN=C(NCCC(=O)N1CCN(c2ccccc2)CC1)NC1CC(C)(C)Oc2ccccc21. The van der Waals surface area contributed by atoms with Gasteiger partial charge in [-0.3, -0.25) is 9.79 Å². The third-order valence-corrected chi connectivity index (χ3v) is 6.30. The molecule has 2 aliphatic rings. The highest BCUT2D eigenvalue weighted by Crippen LogP contribution is 2.39. The van der Waals surface area contributed by atoms with Crippen LogP contribution in [-0.2, 0) is 4.79 Å². The molecule has 2 heterocycles. The molecule has 1 fully saturated rings. The molecule has 0 spiro atoms. The van der Waals surface area contributed by atoms with Gasteiger partial charge < -0.3 is 25.2 Å². The molecule has 4 rings (SSSR count). The topological polar surface area (TPSA) is 69.2 Å². The lowest BCUT2D eigenvalue weighted by atomic mass is 9.90. The van der Waals surface area contributed by atoms with E-state index < -0.39 is 0 Å². The highest BCUT2D eigenvalue weighted by Gasteiger charge is 2.34. The van der Waals surface area contributed by atoms with E-state index in [9.17, 15) is 4.79 Å². The molecular formula is C26H35N5O2. The first-order valence-corrected chi connectivity index (χ1v) is 11.8. The van der Waals surface area contributed by atoms with Crippen molar-refractivity contribution in [1.82, 2.24) is 15.5 Å². The van der Waals surface area contributed by atoms with E-state index >= 15 is 0 Å². The Balaban J connectivity index is 1.25. The fraction of sp³-hybridized carbons (Fsp3) is 0.462. The number of carbonyl (C=O) groups excluding carboxylic acids is 1. The number of hydrogen-bond donors (Lipinski definition) is 2. The van der Waals surface area contributed by atoms with Crippen molar-refractivity contribution in [3.8, 4) is 5.75 Å². The Kier molecular flexibility index (Phi) is 7.06. The van der Waals surface area contributed by atoms with Crippen LogP contribution in [0, 0.1) is 0 Å². The molecule has 2 N–H and O–H groups in total. The van der Waals surface area contributed by atoms with Crippen LogP contribution in [0.15, 0.2) is 59.6 Å². The van der Waals surface area contributed by atoms with E-state index in [1.807, 2.05) is 29.2 Å². The van der Waals surface area contributed by atoms with Gasteiger partial charge >= 0.3 is 0 Å². The number of nitrogens with one attached hydrogen (secondary N) is 2. The third kappa shape index (κ3) is 5.78. The van der Waals surface area contributed by atoms with Crippen molar-refractivity contribution in [1.29, 1.82) is 0 Å². The minimum atomic E-state index is -0.261. The molecule has 0 radical (unpaired) electrons. The van der Waals surface area contributed by atoms with E-state index in [0.717, 1.165) is 43.9 Å². The van der Waals surface area contributed by atoms with Gasteiger partial charge in [-0.1, -0.05) is 36.4 Å². The summed E-state index contributed by atoms with van der Waals surface area (Å²) in [5.41, 5.74) is 2.09. The highest BCUT2D eigenvalue weighted by molar-refractivity contribution is 5.82. The number of benzene rings is 2. The normalized spacial score (nSPS) is 20.0. The maximum atomic E-state index is 12.7. The van der Waals surface area contributed by atoms with Gasteiger partial charge in [0.05, 0.1) is 6.04 Å². The van der Waals surface area contributed by atoms with Gasteiger partial charge in [-0.2, -0.15) is 0 Å². The fourth-order valence-electron chi connectivity index (χ4n) is 4.59. The van der Waals surface area contributed by atoms with Gasteiger partial charge in [-0.05, 0) is 32.0 Å². The van der Waals surface area contributed by atoms with E-state index in [1.165, 1.54) is 5.69 Å². The van der Waals surface area contributed by atoms with Crippen LogP contribution in [0.25, 0.3) is 0 Å². The summed E-state index contributed by atoms with van der Waals surface area (Å²) in [6.07, 6.45) is 1.28. The Labute approximate surface area is 196 Å². The van der Waals surface area contributed by atoms with Gasteiger partial charge in [0.25, 0.3) is 0 Å². The van der Waals surface area contributed by atoms with Crippen molar-refractivity contribution in [2.45, 2.75) is 38.3 Å². The lowest BCUT2D eigenvalue weighted by Crippen LogP contribution is -2.49. The van der Waals surface area contributed by atoms with Crippen molar-refractivity contribution in [3.63, 3.8) is 0 Å². The Morgan fingerprint density at radius 1 is 1.06 bits per heavy atom. The average Bonchev–Trinajstić information content (AvgIpc) is 2.83. The Hall–Kier alpha value is -3.22. The molecule has 0 aliphatic carbocycles. The van der Waals surface area contributed by atoms with Crippen LogP contribution >= 0.6 is 0 Å². The second-order valence-corrected chi connectivity index (χ2v) is 9.25. The summed E-state index contributed by atoms with van der Waals surface area (Å²) >= 11 is 0. The van der Waals surface area contributed by atoms with Crippen LogP contribution in [0.1, 0.15) is 38.3 Å². The second kappa shape index (κ2) is 10.1. The molecule has 1 amide bonds. The largest absolute Gasteiger partial charge is 0.487 e. The average molecular weight is 450 g/mol. The number of nitrogens with zero attached hydrogens (tertiary/aromatic N) is 3. The molecule has 0 aromatic heterocycles. The first-order valence-electron chi connectivity index (χ1n) is 11.8. The molecule has 33 heavy (non-hydrogen) atoms. The maximum Gasteiger partial charge on any atom is 0.224 e. The van der Waals surface area contributed by atoms with Crippen LogP contribution in [0.5, 0.6) is 5.75 Å². The van der Waals surface area contributed by atoms with Gasteiger partial charge in [0.2, 0.25) is 5.91 Å². The van der Waals surface area contributed by atoms with Gasteiger partial charge in [0.15, 0.2) is 5.96 Å². The zero-order chi connectivity index (χ0) is 23.3. The fourth-order valence-corrected chi connectivity index (χ4v) is 4.59. The highest BCUT2D eigenvalue weighted by atomic mass is 16.5.